The number of aromatic nitrogens is 2. The fraction of sp³-hybridized carbons (Fsp3) is 0.722. The molecule has 0 bridgehead atoms. The van der Waals surface area contributed by atoms with Crippen LogP contribution in [0.25, 0.3) is 0 Å². The summed E-state index contributed by atoms with van der Waals surface area (Å²) in [5, 5.41) is 0. The minimum atomic E-state index is 0.590. The van der Waals surface area contributed by atoms with E-state index in [0.29, 0.717) is 11.8 Å². The molecule has 21 heavy (non-hydrogen) atoms. The van der Waals surface area contributed by atoms with Gasteiger partial charge in [-0.3, -0.25) is 0 Å². The lowest BCUT2D eigenvalue weighted by atomic mass is 9.87. The van der Waals surface area contributed by atoms with Crippen LogP contribution in [0.5, 0.6) is 0 Å². The van der Waals surface area contributed by atoms with E-state index in [2.05, 4.69) is 11.1 Å². The molecule has 2 fully saturated rings. The van der Waals surface area contributed by atoms with Gasteiger partial charge in [0.25, 0.3) is 0 Å². The van der Waals surface area contributed by atoms with Crippen LogP contribution in [0.3, 0.4) is 0 Å². The van der Waals surface area contributed by atoms with Gasteiger partial charge >= 0.3 is 0 Å². The Balaban J connectivity index is 1.91. The Bertz CT molecular complexity index is 477. The van der Waals surface area contributed by atoms with Gasteiger partial charge in [-0.25, -0.2) is 4.98 Å². The molecule has 1 heterocycles. The van der Waals surface area contributed by atoms with Crippen molar-refractivity contribution in [2.24, 2.45) is 0 Å². The van der Waals surface area contributed by atoms with Crippen LogP contribution >= 0.6 is 0 Å². The molecule has 0 atom stereocenters. The molecule has 2 saturated carbocycles. The second kappa shape index (κ2) is 6.67. The predicted octanol–water partition coefficient (Wildman–Crippen LogP) is 4.75. The maximum atomic E-state index is 6.48. The van der Waals surface area contributed by atoms with E-state index >= 15 is 0 Å². The van der Waals surface area contributed by atoms with Crippen LogP contribution in [-0.2, 0) is 6.54 Å². The SMILES string of the molecule is C=CCn1c(C2CCCCC2)nc(C2CCCCC2)c1N. The molecule has 2 aliphatic rings. The summed E-state index contributed by atoms with van der Waals surface area (Å²) in [5.41, 5.74) is 7.67. The summed E-state index contributed by atoms with van der Waals surface area (Å²) in [6.45, 7) is 4.70. The lowest BCUT2D eigenvalue weighted by Gasteiger charge is -2.22. The number of nitrogen functional groups attached to an aromatic ring is 1. The second-order valence-corrected chi connectivity index (χ2v) is 6.81. The van der Waals surface area contributed by atoms with Crippen molar-refractivity contribution in [2.45, 2.75) is 82.6 Å². The molecule has 116 valence electrons. The Morgan fingerprint density at radius 3 is 2.14 bits per heavy atom. The lowest BCUT2D eigenvalue weighted by Crippen LogP contribution is -2.13. The van der Waals surface area contributed by atoms with Crippen molar-refractivity contribution in [1.29, 1.82) is 0 Å². The first-order chi connectivity index (χ1) is 10.3. The molecule has 0 amide bonds. The normalized spacial score (nSPS) is 21.5. The summed E-state index contributed by atoms with van der Waals surface area (Å²) < 4.78 is 2.24. The standard InChI is InChI=1S/C18H29N3/c1-2-13-21-17(19)16(14-9-5-3-6-10-14)20-18(21)15-11-7-4-8-12-15/h2,14-15H,1,3-13,19H2. The van der Waals surface area contributed by atoms with E-state index in [9.17, 15) is 0 Å². The maximum Gasteiger partial charge on any atom is 0.127 e. The molecule has 3 nitrogen and oxygen atoms in total. The van der Waals surface area contributed by atoms with E-state index in [-0.39, 0.29) is 0 Å². The van der Waals surface area contributed by atoms with E-state index < -0.39 is 0 Å². The van der Waals surface area contributed by atoms with Gasteiger partial charge < -0.3 is 10.3 Å². The first-order valence-electron chi connectivity index (χ1n) is 8.78. The second-order valence-electron chi connectivity index (χ2n) is 6.81. The third-order valence-electron chi connectivity index (χ3n) is 5.34. The van der Waals surface area contributed by atoms with Crippen LogP contribution in [0.2, 0.25) is 0 Å². The summed E-state index contributed by atoms with van der Waals surface area (Å²) >= 11 is 0. The summed E-state index contributed by atoms with van der Waals surface area (Å²) in [4.78, 5) is 5.07. The fourth-order valence-electron chi connectivity index (χ4n) is 4.17. The molecule has 0 unspecified atom stereocenters. The Kier molecular flexibility index (Phi) is 4.67. The van der Waals surface area contributed by atoms with Crippen LogP contribution in [-0.4, -0.2) is 9.55 Å². The van der Waals surface area contributed by atoms with Crippen LogP contribution in [0.4, 0.5) is 5.82 Å². The third-order valence-corrected chi connectivity index (χ3v) is 5.34. The molecule has 3 heteroatoms. The summed E-state index contributed by atoms with van der Waals surface area (Å²) in [5.74, 6) is 3.36. The van der Waals surface area contributed by atoms with Gasteiger partial charge in [-0.1, -0.05) is 44.6 Å². The lowest BCUT2D eigenvalue weighted by molar-refractivity contribution is 0.416. The molecule has 0 spiro atoms. The van der Waals surface area contributed by atoms with E-state index in [1.165, 1.54) is 75.7 Å². The molecule has 0 saturated heterocycles. The Morgan fingerprint density at radius 1 is 1.00 bits per heavy atom. The number of allylic oxidation sites excluding steroid dienone is 1. The van der Waals surface area contributed by atoms with Crippen molar-refractivity contribution in [2.75, 3.05) is 5.73 Å². The van der Waals surface area contributed by atoms with Gasteiger partial charge in [-0.05, 0) is 25.7 Å². The summed E-state index contributed by atoms with van der Waals surface area (Å²) in [6.07, 6.45) is 15.1. The monoisotopic (exact) mass is 287 g/mol. The molecule has 2 N–H and O–H groups in total. The maximum absolute atomic E-state index is 6.48. The molecule has 2 aliphatic carbocycles. The molecular formula is C18H29N3. The smallest absolute Gasteiger partial charge is 0.127 e. The van der Waals surface area contributed by atoms with E-state index in [4.69, 9.17) is 10.7 Å². The zero-order chi connectivity index (χ0) is 14.7. The topological polar surface area (TPSA) is 43.8 Å². The van der Waals surface area contributed by atoms with Gasteiger partial charge in [0, 0.05) is 18.4 Å². The molecule has 0 radical (unpaired) electrons. The Morgan fingerprint density at radius 2 is 1.57 bits per heavy atom. The van der Waals surface area contributed by atoms with Crippen molar-refractivity contribution in [3.05, 3.63) is 24.2 Å². The Hall–Kier alpha value is -1.25. The molecule has 1 aromatic heterocycles. The van der Waals surface area contributed by atoms with Crippen molar-refractivity contribution in [3.8, 4) is 0 Å². The Labute approximate surface area is 128 Å². The molecule has 0 aromatic carbocycles. The van der Waals surface area contributed by atoms with Gasteiger partial charge in [-0.2, -0.15) is 0 Å². The van der Waals surface area contributed by atoms with Crippen LogP contribution in [0, 0.1) is 0 Å². The zero-order valence-corrected chi connectivity index (χ0v) is 13.2. The molecular weight excluding hydrogens is 258 g/mol. The van der Waals surface area contributed by atoms with Crippen molar-refractivity contribution in [1.82, 2.24) is 9.55 Å². The van der Waals surface area contributed by atoms with Gasteiger partial charge in [0.1, 0.15) is 11.6 Å². The first-order valence-corrected chi connectivity index (χ1v) is 8.78. The van der Waals surface area contributed by atoms with Crippen LogP contribution in [0.1, 0.15) is 87.6 Å². The molecule has 1 aromatic rings. The molecule has 3 rings (SSSR count). The summed E-state index contributed by atoms with van der Waals surface area (Å²) in [6, 6.07) is 0. The van der Waals surface area contributed by atoms with Gasteiger partial charge in [-0.15, -0.1) is 6.58 Å². The van der Waals surface area contributed by atoms with Gasteiger partial charge in [0.05, 0.1) is 5.69 Å². The van der Waals surface area contributed by atoms with E-state index in [1.54, 1.807) is 0 Å². The highest BCUT2D eigenvalue weighted by Crippen LogP contribution is 2.39. The van der Waals surface area contributed by atoms with E-state index in [0.717, 1.165) is 12.4 Å². The number of anilines is 1. The number of nitrogens with zero attached hydrogens (tertiary/aromatic N) is 2. The van der Waals surface area contributed by atoms with Gasteiger partial charge in [0.2, 0.25) is 0 Å². The largest absolute Gasteiger partial charge is 0.384 e. The third kappa shape index (κ3) is 3.02. The first kappa shape index (κ1) is 14.7. The van der Waals surface area contributed by atoms with E-state index in [1.807, 2.05) is 6.08 Å². The highest BCUT2D eigenvalue weighted by atomic mass is 15.1. The minimum absolute atomic E-state index is 0.590. The number of rotatable bonds is 4. The minimum Gasteiger partial charge on any atom is -0.384 e. The number of nitrogens with two attached hydrogens (primary N) is 1. The number of hydrogen-bond donors (Lipinski definition) is 1. The fourth-order valence-corrected chi connectivity index (χ4v) is 4.17. The van der Waals surface area contributed by atoms with Crippen molar-refractivity contribution in [3.63, 3.8) is 0 Å². The van der Waals surface area contributed by atoms with Crippen LogP contribution in [0.15, 0.2) is 12.7 Å². The zero-order valence-electron chi connectivity index (χ0n) is 13.2. The highest BCUT2D eigenvalue weighted by Gasteiger charge is 2.27. The van der Waals surface area contributed by atoms with Crippen molar-refractivity contribution < 1.29 is 0 Å². The van der Waals surface area contributed by atoms with Gasteiger partial charge in [0.15, 0.2) is 0 Å². The molecule has 0 aliphatic heterocycles. The predicted molar refractivity (Wildman–Crippen MR) is 88.5 cm³/mol. The number of imidazole rings is 1. The number of hydrogen-bond acceptors (Lipinski definition) is 2. The highest BCUT2D eigenvalue weighted by molar-refractivity contribution is 5.42. The average molecular weight is 287 g/mol. The van der Waals surface area contributed by atoms with Crippen LogP contribution < -0.4 is 5.73 Å². The quantitative estimate of drug-likeness (QED) is 0.812. The average Bonchev–Trinajstić information content (AvgIpc) is 2.87. The van der Waals surface area contributed by atoms with Crippen molar-refractivity contribution >= 4 is 5.82 Å². The summed E-state index contributed by atoms with van der Waals surface area (Å²) in [7, 11) is 0.